The number of piperidine rings is 1. The van der Waals surface area contributed by atoms with Crippen LogP contribution in [0.5, 0.6) is 17.2 Å². The van der Waals surface area contributed by atoms with Gasteiger partial charge in [0, 0.05) is 31.2 Å². The maximum Gasteiger partial charge on any atom is 0.329 e. The summed E-state index contributed by atoms with van der Waals surface area (Å²) in [5.41, 5.74) is 2.89. The molecule has 1 saturated heterocycles. The van der Waals surface area contributed by atoms with Gasteiger partial charge in [-0.25, -0.2) is 4.79 Å². The SMILES string of the molecule is CO[C@@]12CC[C@@H](N[C@H](C(=O)N[C@@H](Cc3ccc(O)cc3)C(=O)OCc3ccccc3)C(C)C)[C@@H]3Oc4c(O)ccc5c4C31CCN(C)C2C5. The van der Waals surface area contributed by atoms with Crippen LogP contribution in [0.4, 0.5) is 0 Å². The van der Waals surface area contributed by atoms with Crippen molar-refractivity contribution in [2.24, 2.45) is 5.92 Å². The lowest BCUT2D eigenvalue weighted by Crippen LogP contribution is -2.78. The minimum absolute atomic E-state index is 0.0868. The summed E-state index contributed by atoms with van der Waals surface area (Å²) in [6.07, 6.45) is 2.94. The van der Waals surface area contributed by atoms with Crippen LogP contribution < -0.4 is 15.4 Å². The summed E-state index contributed by atoms with van der Waals surface area (Å²) >= 11 is 0. The molecule has 3 aromatic rings. The number of aromatic hydroxyl groups is 2. The van der Waals surface area contributed by atoms with E-state index >= 15 is 0 Å². The Labute approximate surface area is 287 Å². The number of rotatable bonds is 11. The zero-order valence-electron chi connectivity index (χ0n) is 28.6. The van der Waals surface area contributed by atoms with Crippen molar-refractivity contribution >= 4 is 11.9 Å². The molecule has 0 radical (unpaired) electrons. The standard InChI is InChI=1S/C39H47N3O7/c1-23(2)33(36(45)41-29(20-24-10-13-27(43)14-11-24)37(46)48-22-25-8-6-5-7-9-25)40-28-16-17-39(47-4)31-21-26-12-15-30(44)34-32(26)38(39,35(28)49-34)18-19-42(31)3/h5-15,23,28-29,31,33,35,40,43-44H,16-22H2,1-4H3,(H,41,45)/t28-,29+,31?,33+,35+,38?,39-/m1/s1. The van der Waals surface area contributed by atoms with Gasteiger partial charge in [0.05, 0.1) is 17.1 Å². The van der Waals surface area contributed by atoms with Gasteiger partial charge in [-0.3, -0.25) is 10.1 Å². The summed E-state index contributed by atoms with van der Waals surface area (Å²) in [7, 11) is 3.97. The van der Waals surface area contributed by atoms with E-state index in [2.05, 4.69) is 22.6 Å². The molecular formula is C39H47N3O7. The molecule has 0 aromatic heterocycles. The van der Waals surface area contributed by atoms with E-state index in [4.69, 9.17) is 14.2 Å². The van der Waals surface area contributed by atoms with Crippen LogP contribution in [0.3, 0.4) is 0 Å². The van der Waals surface area contributed by atoms with E-state index in [1.165, 1.54) is 5.56 Å². The minimum Gasteiger partial charge on any atom is -0.508 e. The van der Waals surface area contributed by atoms with Crippen LogP contribution in [0.15, 0.2) is 66.7 Å². The number of phenolic OH excluding ortho intramolecular Hbond substituents is 2. The Hall–Kier alpha value is -4.12. The molecule has 7 rings (SSSR count). The zero-order chi connectivity index (χ0) is 34.5. The molecule has 1 spiro atoms. The third kappa shape index (κ3) is 5.54. The average molecular weight is 670 g/mol. The number of ether oxygens (including phenoxy) is 3. The van der Waals surface area contributed by atoms with Gasteiger partial charge in [0.25, 0.3) is 0 Å². The first-order chi connectivity index (χ1) is 23.6. The Kier molecular flexibility index (Phi) is 8.83. The van der Waals surface area contributed by atoms with Gasteiger partial charge in [0.15, 0.2) is 11.5 Å². The van der Waals surface area contributed by atoms with Crippen LogP contribution in [0.25, 0.3) is 0 Å². The predicted octanol–water partition coefficient (Wildman–Crippen LogP) is 3.99. The van der Waals surface area contributed by atoms with Crippen LogP contribution in [-0.2, 0) is 43.9 Å². The molecule has 2 heterocycles. The Morgan fingerprint density at radius 3 is 2.49 bits per heavy atom. The number of carbonyl (C=O) groups excluding carboxylic acids is 2. The van der Waals surface area contributed by atoms with Crippen LogP contribution in [-0.4, -0.2) is 83.6 Å². The van der Waals surface area contributed by atoms with Crippen LogP contribution in [0, 0.1) is 5.92 Å². The third-order valence-corrected chi connectivity index (χ3v) is 11.6. The molecule has 10 heteroatoms. The highest BCUT2D eigenvalue weighted by molar-refractivity contribution is 5.88. The number of methoxy groups -OCH3 is 1. The highest BCUT2D eigenvalue weighted by Crippen LogP contribution is 2.66. The van der Waals surface area contributed by atoms with Crippen LogP contribution >= 0.6 is 0 Å². The van der Waals surface area contributed by atoms with Crippen LogP contribution in [0.2, 0.25) is 0 Å². The van der Waals surface area contributed by atoms with Crippen molar-refractivity contribution < 1.29 is 34.0 Å². The molecule has 260 valence electrons. The van der Waals surface area contributed by atoms with E-state index in [0.717, 1.165) is 42.5 Å². The van der Waals surface area contributed by atoms with E-state index < -0.39 is 29.1 Å². The molecule has 2 fully saturated rings. The van der Waals surface area contributed by atoms with Crippen molar-refractivity contribution in [3.8, 4) is 17.2 Å². The number of amides is 1. The number of phenols is 2. The fraction of sp³-hybridized carbons (Fsp3) is 0.487. The molecule has 1 saturated carbocycles. The molecular weight excluding hydrogens is 622 g/mol. The summed E-state index contributed by atoms with van der Waals surface area (Å²) in [4.78, 5) is 30.2. The lowest BCUT2D eigenvalue weighted by atomic mass is 9.48. The van der Waals surface area contributed by atoms with E-state index in [-0.39, 0.29) is 54.5 Å². The van der Waals surface area contributed by atoms with Crippen molar-refractivity contribution in [1.29, 1.82) is 0 Å². The molecule has 2 unspecified atom stereocenters. The van der Waals surface area contributed by atoms with E-state index in [9.17, 15) is 19.8 Å². The summed E-state index contributed by atoms with van der Waals surface area (Å²) in [6.45, 7) is 4.93. The second kappa shape index (κ2) is 13.0. The van der Waals surface area contributed by atoms with Crippen molar-refractivity contribution in [3.63, 3.8) is 0 Å². The Morgan fingerprint density at radius 1 is 1.02 bits per heavy atom. The summed E-state index contributed by atoms with van der Waals surface area (Å²) in [6, 6.07) is 18.1. The number of benzene rings is 3. The molecule has 49 heavy (non-hydrogen) atoms. The van der Waals surface area contributed by atoms with Gasteiger partial charge in [0.2, 0.25) is 5.91 Å². The van der Waals surface area contributed by atoms with Gasteiger partial charge >= 0.3 is 5.97 Å². The second-order valence-corrected chi connectivity index (χ2v) is 14.6. The number of likely N-dealkylation sites (tertiary alicyclic amines) is 1. The van der Waals surface area contributed by atoms with Gasteiger partial charge < -0.3 is 34.6 Å². The topological polar surface area (TPSA) is 130 Å². The van der Waals surface area contributed by atoms with Crippen molar-refractivity contribution in [2.45, 2.75) is 93.8 Å². The van der Waals surface area contributed by atoms with Crippen molar-refractivity contribution in [3.05, 3.63) is 89.0 Å². The van der Waals surface area contributed by atoms with Gasteiger partial charge in [-0.15, -0.1) is 0 Å². The quantitative estimate of drug-likeness (QED) is 0.224. The number of hydrogen-bond donors (Lipinski definition) is 4. The van der Waals surface area contributed by atoms with E-state index in [0.29, 0.717) is 12.2 Å². The van der Waals surface area contributed by atoms with Gasteiger partial charge in [0.1, 0.15) is 24.5 Å². The minimum atomic E-state index is -0.950. The highest BCUT2D eigenvalue weighted by Gasteiger charge is 2.73. The van der Waals surface area contributed by atoms with Gasteiger partial charge in [-0.05, 0) is 80.1 Å². The molecule has 1 amide bonds. The number of hydrogen-bond acceptors (Lipinski definition) is 9. The largest absolute Gasteiger partial charge is 0.508 e. The Bertz CT molecular complexity index is 1700. The lowest BCUT2D eigenvalue weighted by molar-refractivity contribution is -0.204. The van der Waals surface area contributed by atoms with Gasteiger partial charge in [-0.2, -0.15) is 0 Å². The second-order valence-electron chi connectivity index (χ2n) is 14.6. The third-order valence-electron chi connectivity index (χ3n) is 11.6. The first-order valence-corrected chi connectivity index (χ1v) is 17.4. The van der Waals surface area contributed by atoms with Crippen molar-refractivity contribution in [1.82, 2.24) is 15.5 Å². The van der Waals surface area contributed by atoms with E-state index in [1.807, 2.05) is 50.2 Å². The molecule has 2 aliphatic heterocycles. The number of nitrogens with zero attached hydrogens (tertiary/aromatic N) is 1. The molecule has 4 aliphatic rings. The molecule has 10 nitrogen and oxygen atoms in total. The van der Waals surface area contributed by atoms with Crippen molar-refractivity contribution in [2.75, 3.05) is 20.7 Å². The monoisotopic (exact) mass is 669 g/mol. The Morgan fingerprint density at radius 2 is 1.78 bits per heavy atom. The molecule has 2 aliphatic carbocycles. The lowest BCUT2D eigenvalue weighted by Gasteiger charge is -2.65. The highest BCUT2D eigenvalue weighted by atomic mass is 16.5. The normalized spacial score (nSPS) is 27.9. The molecule has 2 bridgehead atoms. The molecule has 4 N–H and O–H groups in total. The number of esters is 1. The molecule has 7 atom stereocenters. The first-order valence-electron chi connectivity index (χ1n) is 17.4. The fourth-order valence-corrected chi connectivity index (χ4v) is 9.26. The molecule has 3 aromatic carbocycles. The summed E-state index contributed by atoms with van der Waals surface area (Å²) in [5.74, 6) is -0.165. The first kappa shape index (κ1) is 33.4. The number of likely N-dealkylation sites (N-methyl/N-ethyl adjacent to an activating group) is 1. The maximum atomic E-state index is 14.2. The maximum absolute atomic E-state index is 14.2. The van der Waals surface area contributed by atoms with Crippen LogP contribution in [0.1, 0.15) is 55.4 Å². The fourth-order valence-electron chi connectivity index (χ4n) is 9.26. The summed E-state index contributed by atoms with van der Waals surface area (Å²) < 4.78 is 19.1. The van der Waals surface area contributed by atoms with E-state index in [1.54, 1.807) is 37.4 Å². The average Bonchev–Trinajstić information content (AvgIpc) is 3.46. The zero-order valence-corrected chi connectivity index (χ0v) is 28.6. The smallest absolute Gasteiger partial charge is 0.329 e. The summed E-state index contributed by atoms with van der Waals surface area (Å²) in [5, 5.41) is 27.6. The van der Waals surface area contributed by atoms with Gasteiger partial charge in [-0.1, -0.05) is 62.4 Å². The number of carbonyl (C=O) groups is 2. The number of nitrogens with one attached hydrogen (secondary N) is 2. The predicted molar refractivity (Wildman–Crippen MR) is 183 cm³/mol. The Balaban J connectivity index is 1.15.